The van der Waals surface area contributed by atoms with Gasteiger partial charge in [-0.1, -0.05) is 36.4 Å². The van der Waals surface area contributed by atoms with Crippen LogP contribution < -0.4 is 4.90 Å². The minimum atomic E-state index is -1.06. The van der Waals surface area contributed by atoms with Crippen molar-refractivity contribution in [2.24, 2.45) is 0 Å². The molecular weight excluding hydrogens is 282 g/mol. The second-order valence-corrected chi connectivity index (χ2v) is 4.99. The Labute approximate surface area is 126 Å². The van der Waals surface area contributed by atoms with Crippen molar-refractivity contribution in [1.82, 2.24) is 0 Å². The number of aliphatic hydroxyl groups excluding tert-OH is 1. The summed E-state index contributed by atoms with van der Waals surface area (Å²) in [6, 6.07) is 13.2. The SMILES string of the molecule is CN1C(=O)C(=C(O)c2ccccc2)c2ccc(C(=O)O)cc21. The first-order valence-electron chi connectivity index (χ1n) is 6.65. The van der Waals surface area contributed by atoms with Crippen molar-refractivity contribution < 1.29 is 19.8 Å². The molecule has 2 aromatic carbocycles. The Kier molecular flexibility index (Phi) is 3.18. The van der Waals surface area contributed by atoms with E-state index in [0.29, 0.717) is 16.8 Å². The lowest BCUT2D eigenvalue weighted by Gasteiger charge is -2.09. The number of anilines is 1. The lowest BCUT2D eigenvalue weighted by atomic mass is 10.0. The van der Waals surface area contributed by atoms with Crippen LogP contribution in [-0.4, -0.2) is 29.1 Å². The van der Waals surface area contributed by atoms with Crippen molar-refractivity contribution in [3.63, 3.8) is 0 Å². The topological polar surface area (TPSA) is 77.8 Å². The summed E-state index contributed by atoms with van der Waals surface area (Å²) in [5.74, 6) is -1.54. The number of aromatic carboxylic acids is 1. The van der Waals surface area contributed by atoms with Crippen LogP contribution in [0.5, 0.6) is 0 Å². The molecule has 0 saturated carbocycles. The Morgan fingerprint density at radius 3 is 2.32 bits per heavy atom. The molecule has 1 aliphatic heterocycles. The van der Waals surface area contributed by atoms with E-state index < -0.39 is 5.97 Å². The summed E-state index contributed by atoms with van der Waals surface area (Å²) in [6.07, 6.45) is 0. The second-order valence-electron chi connectivity index (χ2n) is 4.99. The lowest BCUT2D eigenvalue weighted by molar-refractivity contribution is -0.112. The first kappa shape index (κ1) is 13.9. The highest BCUT2D eigenvalue weighted by atomic mass is 16.4. The van der Waals surface area contributed by atoms with Crippen molar-refractivity contribution in [3.05, 3.63) is 65.2 Å². The molecule has 0 aliphatic carbocycles. The number of aliphatic hydroxyl groups is 1. The molecule has 1 amide bonds. The van der Waals surface area contributed by atoms with Gasteiger partial charge < -0.3 is 15.1 Å². The number of carboxylic acid groups (broad SMARTS) is 1. The molecule has 0 radical (unpaired) electrons. The Hall–Kier alpha value is -3.08. The van der Waals surface area contributed by atoms with Crippen molar-refractivity contribution in [2.45, 2.75) is 0 Å². The van der Waals surface area contributed by atoms with Gasteiger partial charge in [0.15, 0.2) is 0 Å². The highest BCUT2D eigenvalue weighted by molar-refractivity contribution is 6.36. The molecule has 110 valence electrons. The number of likely N-dealkylation sites (N-methyl/N-ethyl adjacent to an activating group) is 1. The van der Waals surface area contributed by atoms with Gasteiger partial charge in [-0.15, -0.1) is 0 Å². The fourth-order valence-electron chi connectivity index (χ4n) is 2.52. The summed E-state index contributed by atoms with van der Waals surface area (Å²) < 4.78 is 0. The van der Waals surface area contributed by atoms with Crippen LogP contribution in [0.2, 0.25) is 0 Å². The molecule has 1 heterocycles. The second kappa shape index (κ2) is 5.04. The summed E-state index contributed by atoms with van der Waals surface area (Å²) in [4.78, 5) is 24.8. The summed E-state index contributed by atoms with van der Waals surface area (Å²) in [7, 11) is 1.55. The minimum Gasteiger partial charge on any atom is -0.506 e. The quantitative estimate of drug-likeness (QED) is 0.659. The molecule has 0 saturated heterocycles. The molecule has 1 aliphatic rings. The van der Waals surface area contributed by atoms with E-state index in [1.54, 1.807) is 37.4 Å². The van der Waals surface area contributed by atoms with E-state index in [1.165, 1.54) is 17.0 Å². The minimum absolute atomic E-state index is 0.0962. The number of hydrogen-bond acceptors (Lipinski definition) is 3. The Balaban J connectivity index is 2.21. The third-order valence-electron chi connectivity index (χ3n) is 3.68. The molecule has 2 aromatic rings. The number of fused-ring (bicyclic) bond motifs is 1. The molecule has 0 fully saturated rings. The average molecular weight is 295 g/mol. The van der Waals surface area contributed by atoms with Gasteiger partial charge in [-0.3, -0.25) is 4.79 Å². The Bertz CT molecular complexity index is 809. The lowest BCUT2D eigenvalue weighted by Crippen LogP contribution is -2.21. The molecule has 0 aromatic heterocycles. The van der Waals surface area contributed by atoms with Crippen LogP contribution in [-0.2, 0) is 4.79 Å². The summed E-state index contributed by atoms with van der Waals surface area (Å²) in [5.41, 5.74) is 1.81. The van der Waals surface area contributed by atoms with Gasteiger partial charge >= 0.3 is 5.97 Å². The van der Waals surface area contributed by atoms with Crippen LogP contribution in [0.3, 0.4) is 0 Å². The number of benzene rings is 2. The largest absolute Gasteiger partial charge is 0.506 e. The smallest absolute Gasteiger partial charge is 0.335 e. The van der Waals surface area contributed by atoms with E-state index in [9.17, 15) is 14.7 Å². The number of hydrogen-bond donors (Lipinski definition) is 2. The number of nitrogens with zero attached hydrogens (tertiary/aromatic N) is 1. The van der Waals surface area contributed by atoms with E-state index in [0.717, 1.165) is 0 Å². The summed E-state index contributed by atoms with van der Waals surface area (Å²) >= 11 is 0. The molecule has 0 atom stereocenters. The van der Waals surface area contributed by atoms with Crippen LogP contribution in [0.25, 0.3) is 11.3 Å². The number of rotatable bonds is 2. The molecule has 3 rings (SSSR count). The third-order valence-corrected chi connectivity index (χ3v) is 3.68. The zero-order valence-corrected chi connectivity index (χ0v) is 11.8. The number of amides is 1. The van der Waals surface area contributed by atoms with E-state index in [1.807, 2.05) is 6.07 Å². The standard InChI is InChI=1S/C17H13NO4/c1-18-13-9-11(17(21)22)7-8-12(13)14(16(18)20)15(19)10-5-3-2-4-6-10/h2-9,19H,1H3,(H,21,22). The highest BCUT2D eigenvalue weighted by Gasteiger charge is 2.33. The number of carbonyl (C=O) groups is 2. The van der Waals surface area contributed by atoms with Crippen LogP contribution in [0.4, 0.5) is 5.69 Å². The normalized spacial score (nSPS) is 15.7. The Morgan fingerprint density at radius 1 is 1.00 bits per heavy atom. The van der Waals surface area contributed by atoms with Gasteiger partial charge in [0, 0.05) is 18.2 Å². The molecule has 0 spiro atoms. The van der Waals surface area contributed by atoms with Gasteiger partial charge in [-0.2, -0.15) is 0 Å². The summed E-state index contributed by atoms with van der Waals surface area (Å²) in [5, 5.41) is 19.5. The maximum atomic E-state index is 12.4. The van der Waals surface area contributed by atoms with Crippen LogP contribution >= 0.6 is 0 Å². The maximum Gasteiger partial charge on any atom is 0.335 e. The van der Waals surface area contributed by atoms with Crippen molar-refractivity contribution in [3.8, 4) is 0 Å². The van der Waals surface area contributed by atoms with Crippen molar-refractivity contribution in [1.29, 1.82) is 0 Å². The van der Waals surface area contributed by atoms with Crippen LogP contribution in [0.1, 0.15) is 21.5 Å². The number of carboxylic acids is 1. The predicted molar refractivity (Wildman–Crippen MR) is 82.7 cm³/mol. The average Bonchev–Trinajstić information content (AvgIpc) is 2.78. The third kappa shape index (κ3) is 2.03. The molecule has 2 N–H and O–H groups in total. The highest BCUT2D eigenvalue weighted by Crippen LogP contribution is 2.39. The zero-order chi connectivity index (χ0) is 15.9. The zero-order valence-electron chi connectivity index (χ0n) is 11.8. The molecule has 5 heteroatoms. The van der Waals surface area contributed by atoms with Gasteiger partial charge in [0.2, 0.25) is 0 Å². The van der Waals surface area contributed by atoms with Gasteiger partial charge in [0.1, 0.15) is 5.76 Å². The van der Waals surface area contributed by atoms with Gasteiger partial charge in [0.05, 0.1) is 16.8 Å². The first-order valence-corrected chi connectivity index (χ1v) is 6.65. The van der Waals surface area contributed by atoms with Gasteiger partial charge in [0.25, 0.3) is 5.91 Å². The number of carbonyl (C=O) groups excluding carboxylic acids is 1. The molecule has 0 unspecified atom stereocenters. The summed E-state index contributed by atoms with van der Waals surface area (Å²) in [6.45, 7) is 0. The molecular formula is C17H13NO4. The predicted octanol–water partition coefficient (Wildman–Crippen LogP) is 2.79. The fraction of sp³-hybridized carbons (Fsp3) is 0.0588. The van der Waals surface area contributed by atoms with Crippen LogP contribution in [0.15, 0.2) is 48.5 Å². The van der Waals surface area contributed by atoms with Crippen molar-refractivity contribution >= 4 is 28.9 Å². The van der Waals surface area contributed by atoms with E-state index in [2.05, 4.69) is 0 Å². The van der Waals surface area contributed by atoms with Gasteiger partial charge in [-0.05, 0) is 12.1 Å². The molecule has 0 bridgehead atoms. The van der Waals surface area contributed by atoms with Crippen molar-refractivity contribution in [2.75, 3.05) is 11.9 Å². The van der Waals surface area contributed by atoms with E-state index >= 15 is 0 Å². The molecule has 22 heavy (non-hydrogen) atoms. The monoisotopic (exact) mass is 295 g/mol. The van der Waals surface area contributed by atoms with Gasteiger partial charge in [-0.25, -0.2) is 4.79 Å². The van der Waals surface area contributed by atoms with E-state index in [-0.39, 0.29) is 22.8 Å². The Morgan fingerprint density at radius 2 is 1.68 bits per heavy atom. The first-order chi connectivity index (χ1) is 10.5. The fourth-order valence-corrected chi connectivity index (χ4v) is 2.52. The maximum absolute atomic E-state index is 12.4. The van der Waals surface area contributed by atoms with Crippen LogP contribution in [0, 0.1) is 0 Å². The molecule has 5 nitrogen and oxygen atoms in total. The van der Waals surface area contributed by atoms with E-state index in [4.69, 9.17) is 5.11 Å².